The first-order valence-electron chi connectivity index (χ1n) is 4.87. The van der Waals surface area contributed by atoms with Gasteiger partial charge in [0.1, 0.15) is 11.6 Å². The molecule has 1 aromatic rings. The Kier molecular flexibility index (Phi) is 2.31. The summed E-state index contributed by atoms with van der Waals surface area (Å²) in [6.07, 6.45) is 3.41. The normalized spacial score (nSPS) is 22.5. The topological polar surface area (TPSA) is 42.7 Å². The van der Waals surface area contributed by atoms with Crippen LogP contribution in [0.2, 0.25) is 0 Å². The van der Waals surface area contributed by atoms with Crippen molar-refractivity contribution >= 4 is 0 Å². The maximum atomic E-state index is 4.17. The summed E-state index contributed by atoms with van der Waals surface area (Å²) in [6.45, 7) is 3.08. The number of fused-ring (bicyclic) bond motifs is 1. The number of aryl methyl sites for hydroxylation is 2. The molecule has 2 heterocycles. The minimum Gasteiger partial charge on any atom is -0.317 e. The fourth-order valence-corrected chi connectivity index (χ4v) is 1.92. The lowest BCUT2D eigenvalue weighted by Crippen LogP contribution is -2.25. The zero-order chi connectivity index (χ0) is 9.26. The molecule has 1 aliphatic heterocycles. The van der Waals surface area contributed by atoms with Gasteiger partial charge in [0.05, 0.1) is 0 Å². The van der Waals surface area contributed by atoms with Crippen molar-refractivity contribution in [2.24, 2.45) is 0 Å². The van der Waals surface area contributed by atoms with Crippen molar-refractivity contribution in [3.05, 3.63) is 11.6 Å². The number of hydrogen-bond acceptors (Lipinski definition) is 3. The molecule has 0 aliphatic carbocycles. The van der Waals surface area contributed by atoms with Gasteiger partial charge in [0, 0.05) is 19.0 Å². The third-order valence-corrected chi connectivity index (χ3v) is 2.84. The monoisotopic (exact) mass is 180 g/mol. The number of rotatable bonds is 1. The molecule has 4 nitrogen and oxygen atoms in total. The molecule has 1 aliphatic rings. The largest absolute Gasteiger partial charge is 0.317 e. The van der Waals surface area contributed by atoms with Gasteiger partial charge in [0.2, 0.25) is 0 Å². The van der Waals surface area contributed by atoms with Gasteiger partial charge in [-0.3, -0.25) is 0 Å². The number of nitrogens with one attached hydrogen (secondary N) is 1. The minimum atomic E-state index is 0.640. The van der Waals surface area contributed by atoms with Gasteiger partial charge in [-0.2, -0.15) is 0 Å². The Morgan fingerprint density at radius 1 is 1.38 bits per heavy atom. The molecule has 1 aromatic heterocycles. The Balaban J connectivity index is 2.18. The van der Waals surface area contributed by atoms with E-state index < -0.39 is 0 Å². The third kappa shape index (κ3) is 1.58. The number of nitrogens with zero attached hydrogens (tertiary/aromatic N) is 3. The highest BCUT2D eigenvalue weighted by molar-refractivity contribution is 4.97. The predicted octanol–water partition coefficient (Wildman–Crippen LogP) is 0.511. The Morgan fingerprint density at radius 2 is 2.23 bits per heavy atom. The molecule has 0 saturated carbocycles. The van der Waals surface area contributed by atoms with Crippen LogP contribution < -0.4 is 5.32 Å². The Hall–Kier alpha value is -0.900. The first kappa shape index (κ1) is 8.69. The van der Waals surface area contributed by atoms with Gasteiger partial charge in [-0.1, -0.05) is 0 Å². The van der Waals surface area contributed by atoms with Crippen LogP contribution in [0.1, 0.15) is 24.5 Å². The van der Waals surface area contributed by atoms with Crippen LogP contribution in [0, 0.1) is 6.92 Å². The van der Waals surface area contributed by atoms with Crippen LogP contribution in [0.5, 0.6) is 0 Å². The van der Waals surface area contributed by atoms with E-state index >= 15 is 0 Å². The second-order valence-electron chi connectivity index (χ2n) is 3.63. The van der Waals surface area contributed by atoms with Crippen molar-refractivity contribution in [3.8, 4) is 0 Å². The lowest BCUT2D eigenvalue weighted by molar-refractivity contribution is 0.480. The van der Waals surface area contributed by atoms with Crippen LogP contribution in [0.15, 0.2) is 0 Å². The smallest absolute Gasteiger partial charge is 0.133 e. The van der Waals surface area contributed by atoms with Crippen molar-refractivity contribution in [3.63, 3.8) is 0 Å². The molecule has 0 amide bonds. The molecule has 2 rings (SSSR count). The van der Waals surface area contributed by atoms with E-state index in [4.69, 9.17) is 0 Å². The first-order valence-corrected chi connectivity index (χ1v) is 4.87. The van der Waals surface area contributed by atoms with Crippen LogP contribution in [0.25, 0.3) is 0 Å². The summed E-state index contributed by atoms with van der Waals surface area (Å²) in [5.74, 6) is 2.20. The van der Waals surface area contributed by atoms with Crippen molar-refractivity contribution in [1.82, 2.24) is 20.1 Å². The summed E-state index contributed by atoms with van der Waals surface area (Å²) in [6, 6.07) is 0.640. The van der Waals surface area contributed by atoms with Crippen LogP contribution in [-0.2, 0) is 13.0 Å². The van der Waals surface area contributed by atoms with Gasteiger partial charge in [-0.25, -0.2) is 0 Å². The quantitative estimate of drug-likeness (QED) is 0.684. The van der Waals surface area contributed by atoms with Gasteiger partial charge in [-0.05, 0) is 26.8 Å². The summed E-state index contributed by atoms with van der Waals surface area (Å²) in [5, 5.41) is 11.6. The molecule has 1 N–H and O–H groups in total. The average molecular weight is 180 g/mol. The number of aromatic nitrogens is 3. The second-order valence-corrected chi connectivity index (χ2v) is 3.63. The van der Waals surface area contributed by atoms with E-state index in [1.54, 1.807) is 0 Å². The summed E-state index contributed by atoms with van der Waals surface area (Å²) in [7, 11) is 2.03. The molecule has 0 aromatic carbocycles. The zero-order valence-electron chi connectivity index (χ0n) is 8.25. The van der Waals surface area contributed by atoms with Crippen LogP contribution in [0.3, 0.4) is 0 Å². The molecule has 0 fully saturated rings. The lowest BCUT2D eigenvalue weighted by atomic mass is 10.1. The van der Waals surface area contributed by atoms with Crippen molar-refractivity contribution < 1.29 is 0 Å². The molecular weight excluding hydrogens is 164 g/mol. The molecule has 13 heavy (non-hydrogen) atoms. The number of hydrogen-bond donors (Lipinski definition) is 1. The molecule has 1 atom stereocenters. The molecule has 0 bridgehead atoms. The summed E-state index contributed by atoms with van der Waals surface area (Å²) in [4.78, 5) is 0. The highest BCUT2D eigenvalue weighted by Gasteiger charge is 2.16. The van der Waals surface area contributed by atoms with Gasteiger partial charge in [0.15, 0.2) is 0 Å². The van der Waals surface area contributed by atoms with E-state index in [0.29, 0.717) is 6.04 Å². The van der Waals surface area contributed by atoms with E-state index in [1.165, 1.54) is 12.8 Å². The minimum absolute atomic E-state index is 0.640. The van der Waals surface area contributed by atoms with E-state index in [9.17, 15) is 0 Å². The summed E-state index contributed by atoms with van der Waals surface area (Å²) in [5.41, 5.74) is 0. The van der Waals surface area contributed by atoms with Gasteiger partial charge in [0.25, 0.3) is 0 Å². The standard InChI is InChI=1S/C9H16N4/c1-7-11-12-9-4-3-8(10-2)5-6-13(7)9/h8,10H,3-6H2,1-2H3. The Morgan fingerprint density at radius 3 is 3.00 bits per heavy atom. The van der Waals surface area contributed by atoms with Gasteiger partial charge < -0.3 is 9.88 Å². The van der Waals surface area contributed by atoms with E-state index in [2.05, 4.69) is 20.1 Å². The highest BCUT2D eigenvalue weighted by atomic mass is 15.3. The lowest BCUT2D eigenvalue weighted by Gasteiger charge is -2.11. The van der Waals surface area contributed by atoms with E-state index in [-0.39, 0.29) is 0 Å². The molecular formula is C9H16N4. The van der Waals surface area contributed by atoms with Crippen molar-refractivity contribution in [1.29, 1.82) is 0 Å². The summed E-state index contributed by atoms with van der Waals surface area (Å²) < 4.78 is 2.23. The maximum Gasteiger partial charge on any atom is 0.133 e. The Bertz CT molecular complexity index is 292. The van der Waals surface area contributed by atoms with E-state index in [1.807, 2.05) is 14.0 Å². The third-order valence-electron chi connectivity index (χ3n) is 2.84. The molecule has 0 spiro atoms. The highest BCUT2D eigenvalue weighted by Crippen LogP contribution is 2.14. The first-order chi connectivity index (χ1) is 6.31. The SMILES string of the molecule is CNC1CCc2nnc(C)n2CC1. The van der Waals surface area contributed by atoms with Crippen molar-refractivity contribution in [2.75, 3.05) is 7.05 Å². The fourth-order valence-electron chi connectivity index (χ4n) is 1.92. The average Bonchev–Trinajstić information content (AvgIpc) is 2.38. The molecule has 72 valence electrons. The van der Waals surface area contributed by atoms with E-state index in [0.717, 1.165) is 24.6 Å². The maximum absolute atomic E-state index is 4.17. The molecule has 0 radical (unpaired) electrons. The zero-order valence-corrected chi connectivity index (χ0v) is 8.25. The van der Waals surface area contributed by atoms with Crippen LogP contribution in [0.4, 0.5) is 0 Å². The second kappa shape index (κ2) is 3.46. The Labute approximate surface area is 78.4 Å². The van der Waals surface area contributed by atoms with Crippen LogP contribution in [-0.4, -0.2) is 27.9 Å². The molecule has 1 unspecified atom stereocenters. The van der Waals surface area contributed by atoms with Gasteiger partial charge in [-0.15, -0.1) is 10.2 Å². The molecule has 4 heteroatoms. The summed E-state index contributed by atoms with van der Waals surface area (Å²) >= 11 is 0. The van der Waals surface area contributed by atoms with Crippen LogP contribution >= 0.6 is 0 Å². The fraction of sp³-hybridized carbons (Fsp3) is 0.778. The molecule has 0 saturated heterocycles. The predicted molar refractivity (Wildman–Crippen MR) is 50.5 cm³/mol. The van der Waals surface area contributed by atoms with Crippen molar-refractivity contribution in [2.45, 2.75) is 38.8 Å². The van der Waals surface area contributed by atoms with Gasteiger partial charge >= 0.3 is 0 Å².